The van der Waals surface area contributed by atoms with Crippen molar-refractivity contribution >= 4 is 0 Å². The summed E-state index contributed by atoms with van der Waals surface area (Å²) in [6.45, 7) is 2.06. The van der Waals surface area contributed by atoms with Crippen LogP contribution in [0.25, 0.3) is 0 Å². The van der Waals surface area contributed by atoms with Crippen molar-refractivity contribution in [3.8, 4) is 23.0 Å². The van der Waals surface area contributed by atoms with E-state index in [0.29, 0.717) is 23.0 Å². The van der Waals surface area contributed by atoms with Crippen LogP contribution >= 0.6 is 0 Å². The number of hydrogen-bond acceptors (Lipinski definition) is 4. The second-order valence-corrected chi connectivity index (χ2v) is 4.68. The van der Waals surface area contributed by atoms with E-state index < -0.39 is 0 Å². The first-order chi connectivity index (χ1) is 10.2. The minimum Gasteiger partial charge on any atom is -0.493 e. The molecule has 1 unspecified atom stereocenters. The minimum absolute atomic E-state index is 0.0554. The van der Waals surface area contributed by atoms with E-state index in [1.54, 1.807) is 14.2 Å². The zero-order chi connectivity index (χ0) is 15.2. The molecule has 112 valence electrons. The second-order valence-electron chi connectivity index (χ2n) is 4.68. The van der Waals surface area contributed by atoms with Crippen molar-refractivity contribution in [2.24, 2.45) is 5.73 Å². The summed E-state index contributed by atoms with van der Waals surface area (Å²) < 4.78 is 16.5. The van der Waals surface area contributed by atoms with Crippen LogP contribution in [0.1, 0.15) is 24.9 Å². The van der Waals surface area contributed by atoms with Gasteiger partial charge in [0.25, 0.3) is 0 Å². The molecule has 0 heterocycles. The number of hydrogen-bond donors (Lipinski definition) is 1. The molecule has 21 heavy (non-hydrogen) atoms. The predicted molar refractivity (Wildman–Crippen MR) is 83.3 cm³/mol. The van der Waals surface area contributed by atoms with Crippen molar-refractivity contribution in [1.29, 1.82) is 0 Å². The van der Waals surface area contributed by atoms with E-state index in [1.165, 1.54) is 0 Å². The third-order valence-electron chi connectivity index (χ3n) is 3.35. The SMILES string of the molecule is CCC(N)c1ccc(Oc2c(OC)cccc2OC)cc1. The van der Waals surface area contributed by atoms with E-state index in [4.69, 9.17) is 19.9 Å². The average Bonchev–Trinajstić information content (AvgIpc) is 2.55. The normalized spacial score (nSPS) is 11.8. The van der Waals surface area contributed by atoms with Crippen LogP contribution in [0.3, 0.4) is 0 Å². The number of nitrogens with two attached hydrogens (primary N) is 1. The Labute approximate surface area is 125 Å². The largest absolute Gasteiger partial charge is 0.493 e. The highest BCUT2D eigenvalue weighted by Gasteiger charge is 2.12. The van der Waals surface area contributed by atoms with Crippen molar-refractivity contribution in [3.05, 3.63) is 48.0 Å². The summed E-state index contributed by atoms with van der Waals surface area (Å²) in [5.41, 5.74) is 7.10. The number of para-hydroxylation sites is 1. The van der Waals surface area contributed by atoms with Crippen LogP contribution in [0, 0.1) is 0 Å². The molecule has 2 aromatic rings. The lowest BCUT2D eigenvalue weighted by molar-refractivity contribution is 0.346. The zero-order valence-electron chi connectivity index (χ0n) is 12.6. The molecule has 0 saturated heterocycles. The lowest BCUT2D eigenvalue weighted by Crippen LogP contribution is -2.08. The molecular weight excluding hydrogens is 266 g/mol. The topological polar surface area (TPSA) is 53.7 Å². The Kier molecular flexibility index (Phi) is 5.06. The van der Waals surface area contributed by atoms with Crippen molar-refractivity contribution in [2.75, 3.05) is 14.2 Å². The Morgan fingerprint density at radius 3 is 2.00 bits per heavy atom. The molecule has 0 saturated carbocycles. The van der Waals surface area contributed by atoms with Crippen molar-refractivity contribution in [2.45, 2.75) is 19.4 Å². The van der Waals surface area contributed by atoms with E-state index in [9.17, 15) is 0 Å². The lowest BCUT2D eigenvalue weighted by Gasteiger charge is -2.14. The molecule has 2 aromatic carbocycles. The molecule has 0 aliphatic heterocycles. The van der Waals surface area contributed by atoms with Gasteiger partial charge in [0.2, 0.25) is 5.75 Å². The number of rotatable bonds is 6. The smallest absolute Gasteiger partial charge is 0.210 e. The van der Waals surface area contributed by atoms with Gasteiger partial charge in [-0.25, -0.2) is 0 Å². The molecule has 0 aromatic heterocycles. The van der Waals surface area contributed by atoms with E-state index in [-0.39, 0.29) is 6.04 Å². The van der Waals surface area contributed by atoms with Gasteiger partial charge in [0, 0.05) is 6.04 Å². The quantitative estimate of drug-likeness (QED) is 0.875. The van der Waals surface area contributed by atoms with Crippen LogP contribution < -0.4 is 19.9 Å². The Balaban J connectivity index is 2.26. The molecule has 0 radical (unpaired) electrons. The molecule has 1 atom stereocenters. The number of methoxy groups -OCH3 is 2. The zero-order valence-corrected chi connectivity index (χ0v) is 12.6. The van der Waals surface area contributed by atoms with Gasteiger partial charge in [-0.15, -0.1) is 0 Å². The fourth-order valence-corrected chi connectivity index (χ4v) is 2.05. The fraction of sp³-hybridized carbons (Fsp3) is 0.294. The number of benzene rings is 2. The third kappa shape index (κ3) is 3.47. The molecule has 4 heteroatoms. The first-order valence-corrected chi connectivity index (χ1v) is 6.94. The maximum Gasteiger partial charge on any atom is 0.210 e. The van der Waals surface area contributed by atoms with Crippen LogP contribution in [-0.2, 0) is 0 Å². The standard InChI is InChI=1S/C17H21NO3/c1-4-14(18)12-8-10-13(11-9-12)21-17-15(19-2)6-5-7-16(17)20-3/h5-11,14H,4,18H2,1-3H3. The summed E-state index contributed by atoms with van der Waals surface area (Å²) in [4.78, 5) is 0. The van der Waals surface area contributed by atoms with Crippen molar-refractivity contribution in [3.63, 3.8) is 0 Å². The molecule has 0 fully saturated rings. The molecular formula is C17H21NO3. The molecule has 0 bridgehead atoms. The van der Waals surface area contributed by atoms with E-state index >= 15 is 0 Å². The molecule has 2 rings (SSSR count). The Bertz CT molecular complexity index is 559. The lowest BCUT2D eigenvalue weighted by atomic mass is 10.1. The monoisotopic (exact) mass is 287 g/mol. The van der Waals surface area contributed by atoms with Gasteiger partial charge < -0.3 is 19.9 Å². The molecule has 2 N–H and O–H groups in total. The minimum atomic E-state index is 0.0554. The fourth-order valence-electron chi connectivity index (χ4n) is 2.05. The summed E-state index contributed by atoms with van der Waals surface area (Å²) >= 11 is 0. The number of ether oxygens (including phenoxy) is 3. The van der Waals surface area contributed by atoms with Gasteiger partial charge in [-0.2, -0.15) is 0 Å². The maximum atomic E-state index is 6.01. The second kappa shape index (κ2) is 6.99. The van der Waals surface area contributed by atoms with Crippen LogP contribution in [0.15, 0.2) is 42.5 Å². The highest BCUT2D eigenvalue weighted by Crippen LogP contribution is 2.39. The summed E-state index contributed by atoms with van der Waals surface area (Å²) in [7, 11) is 3.20. The summed E-state index contributed by atoms with van der Waals surface area (Å²) in [6.07, 6.45) is 0.903. The molecule has 0 amide bonds. The van der Waals surface area contributed by atoms with Crippen LogP contribution in [0.5, 0.6) is 23.0 Å². The Hall–Kier alpha value is -2.20. The van der Waals surface area contributed by atoms with E-state index in [1.807, 2.05) is 42.5 Å². The van der Waals surface area contributed by atoms with Gasteiger partial charge in [0.05, 0.1) is 14.2 Å². The Morgan fingerprint density at radius 1 is 0.952 bits per heavy atom. The molecule has 0 aliphatic carbocycles. The molecule has 0 spiro atoms. The highest BCUT2D eigenvalue weighted by atomic mass is 16.5. The third-order valence-corrected chi connectivity index (χ3v) is 3.35. The van der Waals surface area contributed by atoms with Gasteiger partial charge in [0.1, 0.15) is 5.75 Å². The summed E-state index contributed by atoms with van der Waals surface area (Å²) in [5, 5.41) is 0. The first kappa shape index (κ1) is 15.2. The molecule has 4 nitrogen and oxygen atoms in total. The van der Waals surface area contributed by atoms with Crippen molar-refractivity contribution < 1.29 is 14.2 Å². The Morgan fingerprint density at radius 2 is 1.52 bits per heavy atom. The van der Waals surface area contributed by atoms with Crippen molar-refractivity contribution in [1.82, 2.24) is 0 Å². The summed E-state index contributed by atoms with van der Waals surface area (Å²) in [6, 6.07) is 13.3. The van der Waals surface area contributed by atoms with E-state index in [2.05, 4.69) is 6.92 Å². The average molecular weight is 287 g/mol. The molecule has 0 aliphatic rings. The maximum absolute atomic E-state index is 6.01. The van der Waals surface area contributed by atoms with E-state index in [0.717, 1.165) is 12.0 Å². The first-order valence-electron chi connectivity index (χ1n) is 6.94. The van der Waals surface area contributed by atoms with Gasteiger partial charge in [-0.1, -0.05) is 25.1 Å². The summed E-state index contributed by atoms with van der Waals surface area (Å²) in [5.74, 6) is 2.53. The van der Waals surface area contributed by atoms with Crippen LogP contribution in [-0.4, -0.2) is 14.2 Å². The van der Waals surface area contributed by atoms with Gasteiger partial charge in [-0.3, -0.25) is 0 Å². The highest BCUT2D eigenvalue weighted by molar-refractivity contribution is 5.53. The van der Waals surface area contributed by atoms with Gasteiger partial charge in [0.15, 0.2) is 11.5 Å². The van der Waals surface area contributed by atoms with Gasteiger partial charge in [-0.05, 0) is 36.2 Å². The van der Waals surface area contributed by atoms with Crippen LogP contribution in [0.2, 0.25) is 0 Å². The van der Waals surface area contributed by atoms with Crippen LogP contribution in [0.4, 0.5) is 0 Å². The van der Waals surface area contributed by atoms with Gasteiger partial charge >= 0.3 is 0 Å². The predicted octanol–water partition coefficient (Wildman–Crippen LogP) is 3.91.